The van der Waals surface area contributed by atoms with Gasteiger partial charge in [-0.05, 0) is 12.1 Å². The molecule has 0 radical (unpaired) electrons. The van der Waals surface area contributed by atoms with Crippen LogP contribution in [-0.4, -0.2) is 31.9 Å². The molecule has 1 atom stereocenters. The van der Waals surface area contributed by atoms with E-state index < -0.39 is 0 Å². The predicted octanol–water partition coefficient (Wildman–Crippen LogP) is 0.635. The first-order chi connectivity index (χ1) is 7.33. The summed E-state index contributed by atoms with van der Waals surface area (Å²) in [4.78, 5) is 0. The monoisotopic (exact) mass is 208 g/mol. The molecule has 0 spiro atoms. The Morgan fingerprint density at radius 1 is 1.40 bits per heavy atom. The first-order valence-corrected chi connectivity index (χ1v) is 5.13. The van der Waals surface area contributed by atoms with Crippen molar-refractivity contribution in [1.82, 2.24) is 10.6 Å². The predicted molar refractivity (Wildman–Crippen MR) is 58.3 cm³/mol. The second-order valence-corrected chi connectivity index (χ2v) is 3.60. The third-order valence-electron chi connectivity index (χ3n) is 2.65. The molecule has 0 amide bonds. The summed E-state index contributed by atoms with van der Waals surface area (Å²) in [6, 6.07) is 5.46. The van der Waals surface area contributed by atoms with Crippen LogP contribution in [0.2, 0.25) is 0 Å². The molecule has 0 unspecified atom stereocenters. The van der Waals surface area contributed by atoms with Gasteiger partial charge in [-0.2, -0.15) is 0 Å². The Labute approximate surface area is 89.3 Å². The molecule has 4 nitrogen and oxygen atoms in total. The smallest absolute Gasteiger partial charge is 0.127 e. The number of phenolic OH excluding ortho intramolecular Hbond substituents is 1. The zero-order valence-corrected chi connectivity index (χ0v) is 8.79. The van der Waals surface area contributed by atoms with Crippen molar-refractivity contribution in [2.45, 2.75) is 6.04 Å². The highest BCUT2D eigenvalue weighted by atomic mass is 16.5. The lowest BCUT2D eigenvalue weighted by molar-refractivity contribution is 0.365. The Kier molecular flexibility index (Phi) is 3.08. The molecular formula is C11H16N2O2. The van der Waals surface area contributed by atoms with Crippen LogP contribution in [0.3, 0.4) is 0 Å². The molecule has 2 rings (SSSR count). The first-order valence-electron chi connectivity index (χ1n) is 5.13. The summed E-state index contributed by atoms with van der Waals surface area (Å²) < 4.78 is 5.25. The lowest BCUT2D eigenvalue weighted by Crippen LogP contribution is -2.42. The average molecular weight is 208 g/mol. The van der Waals surface area contributed by atoms with Gasteiger partial charge in [0.05, 0.1) is 18.7 Å². The van der Waals surface area contributed by atoms with Crippen molar-refractivity contribution in [2.75, 3.05) is 26.7 Å². The van der Waals surface area contributed by atoms with Crippen molar-refractivity contribution in [1.29, 1.82) is 0 Å². The normalized spacial score (nSPS) is 21.3. The summed E-state index contributed by atoms with van der Waals surface area (Å²) in [6.07, 6.45) is 0. The number of piperazine rings is 1. The van der Waals surface area contributed by atoms with Gasteiger partial charge in [-0.15, -0.1) is 0 Å². The van der Waals surface area contributed by atoms with E-state index in [-0.39, 0.29) is 11.8 Å². The maximum Gasteiger partial charge on any atom is 0.127 e. The van der Waals surface area contributed by atoms with Crippen LogP contribution in [0.4, 0.5) is 0 Å². The fourth-order valence-electron chi connectivity index (χ4n) is 1.92. The molecule has 1 aliphatic heterocycles. The quantitative estimate of drug-likeness (QED) is 0.667. The van der Waals surface area contributed by atoms with Crippen LogP contribution >= 0.6 is 0 Å². The van der Waals surface area contributed by atoms with E-state index >= 15 is 0 Å². The Hall–Kier alpha value is -1.26. The number of hydrogen-bond donors (Lipinski definition) is 3. The molecule has 1 aliphatic rings. The van der Waals surface area contributed by atoms with Crippen molar-refractivity contribution >= 4 is 0 Å². The lowest BCUT2D eigenvalue weighted by atomic mass is 10.0. The molecular weight excluding hydrogens is 192 g/mol. The Balaban J connectivity index is 2.31. The number of hydrogen-bond acceptors (Lipinski definition) is 4. The lowest BCUT2D eigenvalue weighted by Gasteiger charge is -2.26. The third-order valence-corrected chi connectivity index (χ3v) is 2.65. The second-order valence-electron chi connectivity index (χ2n) is 3.60. The Morgan fingerprint density at radius 2 is 2.27 bits per heavy atom. The summed E-state index contributed by atoms with van der Waals surface area (Å²) in [7, 11) is 1.62. The molecule has 0 bridgehead atoms. The van der Waals surface area contributed by atoms with Crippen LogP contribution in [0, 0.1) is 0 Å². The van der Waals surface area contributed by atoms with Gasteiger partial charge >= 0.3 is 0 Å². The van der Waals surface area contributed by atoms with Crippen LogP contribution in [0.1, 0.15) is 11.6 Å². The van der Waals surface area contributed by atoms with E-state index in [2.05, 4.69) is 10.6 Å². The van der Waals surface area contributed by atoms with E-state index in [0.29, 0.717) is 0 Å². The molecule has 1 fully saturated rings. The summed E-state index contributed by atoms with van der Waals surface area (Å²) in [6.45, 7) is 2.68. The highest BCUT2D eigenvalue weighted by Gasteiger charge is 2.21. The van der Waals surface area contributed by atoms with E-state index in [9.17, 15) is 5.11 Å². The van der Waals surface area contributed by atoms with Crippen molar-refractivity contribution in [3.05, 3.63) is 23.8 Å². The van der Waals surface area contributed by atoms with Crippen LogP contribution in [-0.2, 0) is 0 Å². The van der Waals surface area contributed by atoms with Gasteiger partial charge in [0.15, 0.2) is 0 Å². The summed E-state index contributed by atoms with van der Waals surface area (Å²) in [5.41, 5.74) is 0.840. The SMILES string of the molecule is COc1cccc(O)c1[C@H]1CNCCN1. The number of ether oxygens (including phenoxy) is 1. The third kappa shape index (κ3) is 2.06. The maximum absolute atomic E-state index is 9.83. The summed E-state index contributed by atoms with van der Waals surface area (Å²) in [5.74, 6) is 1.02. The Bertz CT molecular complexity index is 335. The van der Waals surface area contributed by atoms with Gasteiger partial charge < -0.3 is 20.5 Å². The zero-order valence-electron chi connectivity index (χ0n) is 8.79. The van der Waals surface area contributed by atoms with Gasteiger partial charge in [0.2, 0.25) is 0 Å². The van der Waals surface area contributed by atoms with E-state index in [1.165, 1.54) is 0 Å². The largest absolute Gasteiger partial charge is 0.507 e. The number of rotatable bonds is 2. The van der Waals surface area contributed by atoms with Crippen molar-refractivity contribution in [2.24, 2.45) is 0 Å². The van der Waals surface area contributed by atoms with Gasteiger partial charge in [-0.25, -0.2) is 0 Å². The molecule has 3 N–H and O–H groups in total. The molecule has 0 aromatic heterocycles. The summed E-state index contributed by atoms with van der Waals surface area (Å²) in [5, 5.41) is 16.5. The molecule has 1 aromatic rings. The fourth-order valence-corrected chi connectivity index (χ4v) is 1.92. The van der Waals surface area contributed by atoms with Crippen molar-refractivity contribution < 1.29 is 9.84 Å². The van der Waals surface area contributed by atoms with Gasteiger partial charge in [-0.3, -0.25) is 0 Å². The Morgan fingerprint density at radius 3 is 2.93 bits per heavy atom. The summed E-state index contributed by atoms with van der Waals surface area (Å²) >= 11 is 0. The molecule has 4 heteroatoms. The fraction of sp³-hybridized carbons (Fsp3) is 0.455. The van der Waals surface area contributed by atoms with Crippen LogP contribution in [0.5, 0.6) is 11.5 Å². The number of methoxy groups -OCH3 is 1. The molecule has 1 saturated heterocycles. The number of phenols is 1. The van der Waals surface area contributed by atoms with Gasteiger partial charge in [0.25, 0.3) is 0 Å². The van der Waals surface area contributed by atoms with Gasteiger partial charge in [0.1, 0.15) is 11.5 Å². The minimum Gasteiger partial charge on any atom is -0.507 e. The second kappa shape index (κ2) is 4.51. The van der Waals surface area contributed by atoms with E-state index in [1.807, 2.05) is 6.07 Å². The van der Waals surface area contributed by atoms with Crippen LogP contribution in [0.25, 0.3) is 0 Å². The van der Waals surface area contributed by atoms with E-state index in [0.717, 1.165) is 30.9 Å². The van der Waals surface area contributed by atoms with E-state index in [1.54, 1.807) is 19.2 Å². The zero-order chi connectivity index (χ0) is 10.7. The average Bonchev–Trinajstić information content (AvgIpc) is 2.29. The molecule has 82 valence electrons. The molecule has 0 saturated carbocycles. The highest BCUT2D eigenvalue weighted by Crippen LogP contribution is 2.33. The minimum atomic E-state index is 0.120. The van der Waals surface area contributed by atoms with Crippen molar-refractivity contribution in [3.8, 4) is 11.5 Å². The minimum absolute atomic E-state index is 0.120. The topological polar surface area (TPSA) is 53.5 Å². The first kappa shape index (κ1) is 10.3. The van der Waals surface area contributed by atoms with Gasteiger partial charge in [-0.1, -0.05) is 6.07 Å². The highest BCUT2D eigenvalue weighted by molar-refractivity contribution is 5.46. The van der Waals surface area contributed by atoms with Crippen LogP contribution < -0.4 is 15.4 Å². The standard InChI is InChI=1S/C11H16N2O2/c1-15-10-4-2-3-9(14)11(10)8-7-12-5-6-13-8/h2-4,8,12-14H,5-7H2,1H3/t8-/m1/s1. The van der Waals surface area contributed by atoms with E-state index in [4.69, 9.17) is 4.74 Å². The maximum atomic E-state index is 9.83. The molecule has 0 aliphatic carbocycles. The van der Waals surface area contributed by atoms with Crippen molar-refractivity contribution in [3.63, 3.8) is 0 Å². The molecule has 1 heterocycles. The molecule has 15 heavy (non-hydrogen) atoms. The number of aromatic hydroxyl groups is 1. The number of nitrogens with one attached hydrogen (secondary N) is 2. The molecule has 1 aromatic carbocycles. The van der Waals surface area contributed by atoms with Crippen LogP contribution in [0.15, 0.2) is 18.2 Å². The number of benzene rings is 1. The van der Waals surface area contributed by atoms with Gasteiger partial charge in [0, 0.05) is 19.6 Å².